The molecule has 2 fully saturated rings. The van der Waals surface area contributed by atoms with Crippen LogP contribution in [-0.2, 0) is 4.79 Å². The minimum atomic E-state index is -1.12. The van der Waals surface area contributed by atoms with Gasteiger partial charge in [-0.15, -0.1) is 0 Å². The van der Waals surface area contributed by atoms with Gasteiger partial charge in [-0.25, -0.2) is 13.6 Å². The number of anilines is 1. The van der Waals surface area contributed by atoms with E-state index in [4.69, 9.17) is 27.9 Å². The molecule has 10 heteroatoms. The Morgan fingerprint density at radius 3 is 2.54 bits per heavy atom. The number of ether oxygens (including phenoxy) is 1. The molecule has 0 aliphatic carbocycles. The number of carboxylic acid groups (broad SMARTS) is 1. The Morgan fingerprint density at radius 2 is 1.85 bits per heavy atom. The van der Waals surface area contributed by atoms with E-state index < -0.39 is 41.6 Å². The Hall–Kier alpha value is -3.20. The van der Waals surface area contributed by atoms with E-state index in [1.165, 1.54) is 31.4 Å². The highest BCUT2D eigenvalue weighted by Gasteiger charge is 2.58. The molecule has 0 spiro atoms. The molecule has 0 bridgehead atoms. The fourth-order valence-corrected chi connectivity index (χ4v) is 6.68. The lowest BCUT2D eigenvalue weighted by Crippen LogP contribution is -2.40. The van der Waals surface area contributed by atoms with E-state index in [1.807, 2.05) is 4.90 Å². The number of nitrogens with zero attached hydrogens (tertiary/aromatic N) is 2. The number of aromatic carboxylic acids is 1. The molecule has 0 saturated carbocycles. The van der Waals surface area contributed by atoms with E-state index in [1.54, 1.807) is 35.2 Å². The molecule has 4 atom stereocenters. The van der Waals surface area contributed by atoms with Gasteiger partial charge in [-0.05, 0) is 53.9 Å². The van der Waals surface area contributed by atoms with Crippen molar-refractivity contribution in [2.75, 3.05) is 18.6 Å². The molecule has 41 heavy (non-hydrogen) atoms. The standard InChI is InChI=1S/C31H30Cl2F2N2O4/c1-3-4-5-9-26-36-16-21(19-12-11-18(32)15-23(19)34)27(20-7-6-8-22(33)28(20)35)29(36)30(38)37(26)24-13-10-17(31(39)40)14-25(24)41-2/h6-8,10-15,21,26-27,29H,3-5,9,16H2,1-2H3,(H,39,40)/t21?,26?,27-,29?/m1/s1. The van der Waals surface area contributed by atoms with Gasteiger partial charge in [0.1, 0.15) is 17.4 Å². The molecule has 3 aromatic rings. The maximum absolute atomic E-state index is 15.6. The fraction of sp³-hybridized carbons (Fsp3) is 0.355. The summed E-state index contributed by atoms with van der Waals surface area (Å²) in [6.07, 6.45) is 2.90. The average molecular weight is 603 g/mol. The Kier molecular flexibility index (Phi) is 8.55. The summed E-state index contributed by atoms with van der Waals surface area (Å²) in [4.78, 5) is 29.7. The SMILES string of the molecule is CCCCCC1N(c2ccc(C(=O)O)cc2OC)C(=O)C2[C@H](c3cccc(Cl)c3F)C(c3ccc(Cl)cc3F)CN21. The third-order valence-electron chi connectivity index (χ3n) is 8.16. The maximum atomic E-state index is 15.6. The van der Waals surface area contributed by atoms with Crippen LogP contribution < -0.4 is 9.64 Å². The summed E-state index contributed by atoms with van der Waals surface area (Å²) in [6, 6.07) is 12.7. The molecule has 3 aromatic carbocycles. The van der Waals surface area contributed by atoms with E-state index in [0.717, 1.165) is 19.3 Å². The average Bonchev–Trinajstić information content (AvgIpc) is 3.45. The molecule has 0 aromatic heterocycles. The molecule has 2 aliphatic rings. The topological polar surface area (TPSA) is 70.1 Å². The highest BCUT2D eigenvalue weighted by atomic mass is 35.5. The molecule has 1 amide bonds. The van der Waals surface area contributed by atoms with Gasteiger partial charge in [0.25, 0.3) is 0 Å². The molecular formula is C31H30Cl2F2N2O4. The summed E-state index contributed by atoms with van der Waals surface area (Å²) >= 11 is 12.2. The number of benzene rings is 3. The predicted molar refractivity (Wildman–Crippen MR) is 154 cm³/mol. The zero-order valence-corrected chi connectivity index (χ0v) is 24.1. The zero-order valence-electron chi connectivity index (χ0n) is 22.6. The Bertz CT molecular complexity index is 1490. The number of hydrogen-bond donors (Lipinski definition) is 1. The Labute approximate surface area is 247 Å². The van der Waals surface area contributed by atoms with Crippen molar-refractivity contribution in [1.29, 1.82) is 0 Å². The number of unbranched alkanes of at least 4 members (excludes halogenated alkanes) is 2. The molecule has 1 N–H and O–H groups in total. The highest BCUT2D eigenvalue weighted by Crippen LogP contribution is 2.52. The van der Waals surface area contributed by atoms with Gasteiger partial charge in [0, 0.05) is 23.4 Å². The number of carbonyl (C=O) groups is 2. The smallest absolute Gasteiger partial charge is 0.335 e. The largest absolute Gasteiger partial charge is 0.495 e. The number of methoxy groups -OCH3 is 1. The molecule has 216 valence electrons. The summed E-state index contributed by atoms with van der Waals surface area (Å²) in [5, 5.41) is 9.66. The lowest BCUT2D eigenvalue weighted by molar-refractivity contribution is -0.119. The molecular weight excluding hydrogens is 573 g/mol. The normalized spacial score (nSPS) is 22.3. The van der Waals surface area contributed by atoms with Crippen LogP contribution in [0.5, 0.6) is 5.75 Å². The first-order chi connectivity index (χ1) is 19.7. The minimum absolute atomic E-state index is 0.0254. The van der Waals surface area contributed by atoms with Crippen molar-refractivity contribution in [1.82, 2.24) is 4.90 Å². The second-order valence-corrected chi connectivity index (χ2v) is 11.3. The quantitative estimate of drug-likeness (QED) is 0.257. The monoisotopic (exact) mass is 602 g/mol. The van der Waals surface area contributed by atoms with Gasteiger partial charge < -0.3 is 9.84 Å². The van der Waals surface area contributed by atoms with E-state index in [0.29, 0.717) is 17.7 Å². The predicted octanol–water partition coefficient (Wildman–Crippen LogP) is 7.48. The number of rotatable bonds is 9. The van der Waals surface area contributed by atoms with Gasteiger partial charge in [-0.2, -0.15) is 0 Å². The van der Waals surface area contributed by atoms with Gasteiger partial charge in [0.2, 0.25) is 5.91 Å². The van der Waals surface area contributed by atoms with Crippen molar-refractivity contribution in [3.8, 4) is 5.75 Å². The fourth-order valence-electron chi connectivity index (χ4n) is 6.34. The first-order valence-electron chi connectivity index (χ1n) is 13.6. The number of halogens is 4. The molecule has 6 nitrogen and oxygen atoms in total. The number of fused-ring (bicyclic) bond motifs is 1. The van der Waals surface area contributed by atoms with Gasteiger partial charge in [0.05, 0.1) is 35.6 Å². The number of hydrogen-bond acceptors (Lipinski definition) is 4. The van der Waals surface area contributed by atoms with Gasteiger partial charge in [0.15, 0.2) is 0 Å². The van der Waals surface area contributed by atoms with Crippen LogP contribution in [0, 0.1) is 11.6 Å². The van der Waals surface area contributed by atoms with E-state index >= 15 is 8.78 Å². The van der Waals surface area contributed by atoms with Gasteiger partial charge in [-0.1, -0.05) is 67.6 Å². The van der Waals surface area contributed by atoms with Crippen LogP contribution in [0.1, 0.15) is 65.9 Å². The molecule has 0 radical (unpaired) electrons. The van der Waals surface area contributed by atoms with E-state index in [9.17, 15) is 14.7 Å². The van der Waals surface area contributed by atoms with Crippen LogP contribution in [0.25, 0.3) is 0 Å². The van der Waals surface area contributed by atoms with Crippen molar-refractivity contribution in [2.45, 2.75) is 56.7 Å². The Morgan fingerprint density at radius 1 is 1.07 bits per heavy atom. The van der Waals surface area contributed by atoms with E-state index in [2.05, 4.69) is 6.92 Å². The van der Waals surface area contributed by atoms with Gasteiger partial charge >= 0.3 is 5.97 Å². The lowest BCUT2D eigenvalue weighted by Gasteiger charge is -2.31. The number of amides is 1. The number of carbonyl (C=O) groups excluding carboxylic acids is 1. The summed E-state index contributed by atoms with van der Waals surface area (Å²) in [5.41, 5.74) is 1.04. The first kappa shape index (κ1) is 29.3. The van der Waals surface area contributed by atoms with Crippen LogP contribution in [0.3, 0.4) is 0 Å². The van der Waals surface area contributed by atoms with Crippen molar-refractivity contribution < 1.29 is 28.2 Å². The molecule has 2 heterocycles. The van der Waals surface area contributed by atoms with Gasteiger partial charge in [-0.3, -0.25) is 14.6 Å². The van der Waals surface area contributed by atoms with Crippen LogP contribution in [0.4, 0.5) is 14.5 Å². The maximum Gasteiger partial charge on any atom is 0.335 e. The first-order valence-corrected chi connectivity index (χ1v) is 14.3. The summed E-state index contributed by atoms with van der Waals surface area (Å²) in [7, 11) is 1.42. The van der Waals surface area contributed by atoms with Crippen LogP contribution in [-0.4, -0.2) is 47.7 Å². The van der Waals surface area contributed by atoms with E-state index in [-0.39, 0.29) is 39.4 Å². The lowest BCUT2D eigenvalue weighted by atomic mass is 9.79. The molecule has 5 rings (SSSR count). The van der Waals surface area contributed by atoms with Crippen molar-refractivity contribution >= 4 is 40.8 Å². The second-order valence-electron chi connectivity index (χ2n) is 10.5. The summed E-state index contributed by atoms with van der Waals surface area (Å²) < 4.78 is 36.5. The number of carboxylic acids is 1. The molecule has 2 aliphatic heterocycles. The Balaban J connectivity index is 1.66. The zero-order chi connectivity index (χ0) is 29.4. The van der Waals surface area contributed by atoms with Crippen molar-refractivity contribution in [3.63, 3.8) is 0 Å². The molecule has 3 unspecified atom stereocenters. The molecule has 2 saturated heterocycles. The second kappa shape index (κ2) is 12.0. The third-order valence-corrected chi connectivity index (χ3v) is 8.69. The van der Waals surface area contributed by atoms with Crippen LogP contribution >= 0.6 is 23.2 Å². The highest BCUT2D eigenvalue weighted by molar-refractivity contribution is 6.31. The van der Waals surface area contributed by atoms with Crippen molar-refractivity contribution in [2.24, 2.45) is 0 Å². The summed E-state index contributed by atoms with van der Waals surface area (Å²) in [5.74, 6) is -3.64. The van der Waals surface area contributed by atoms with Crippen LogP contribution in [0.2, 0.25) is 10.0 Å². The van der Waals surface area contributed by atoms with Crippen LogP contribution in [0.15, 0.2) is 54.6 Å². The van der Waals surface area contributed by atoms with Crippen molar-refractivity contribution in [3.05, 3.63) is 93.0 Å². The third kappa shape index (κ3) is 5.29. The minimum Gasteiger partial charge on any atom is -0.495 e. The summed E-state index contributed by atoms with van der Waals surface area (Å²) in [6.45, 7) is 2.37.